The fraction of sp³-hybridized carbons (Fsp3) is 0.0833. The highest BCUT2D eigenvalue weighted by Gasteiger charge is 2.11. The zero-order valence-corrected chi connectivity index (χ0v) is 10.6. The molecular weight excluding hydrogens is 308 g/mol. The molecule has 18 heavy (non-hydrogen) atoms. The second-order valence-corrected chi connectivity index (χ2v) is 4.28. The maximum Gasteiger partial charge on any atom is 0.256 e. The molecule has 0 unspecified atom stereocenters. The summed E-state index contributed by atoms with van der Waals surface area (Å²) in [7, 11) is 0. The first-order chi connectivity index (χ1) is 8.61. The molecule has 0 spiro atoms. The van der Waals surface area contributed by atoms with E-state index in [0.29, 0.717) is 0 Å². The highest BCUT2D eigenvalue weighted by molar-refractivity contribution is 9.10. The number of rotatable bonds is 3. The van der Waals surface area contributed by atoms with E-state index in [1.807, 2.05) is 0 Å². The predicted octanol–water partition coefficient (Wildman–Crippen LogP) is 3.41. The maximum atomic E-state index is 13.7. The molecule has 0 atom stereocenters. The standard InChI is InChI=1S/C12H8BrF2NO2/c13-9-2-1-8(5-10(9)14)18-12-11(15)7(6-17)3-4-16-12/h1-5,17H,6H2. The van der Waals surface area contributed by atoms with Crippen molar-refractivity contribution < 1.29 is 18.6 Å². The number of hydrogen-bond acceptors (Lipinski definition) is 3. The van der Waals surface area contributed by atoms with Crippen molar-refractivity contribution in [2.24, 2.45) is 0 Å². The summed E-state index contributed by atoms with van der Waals surface area (Å²) in [6.07, 6.45) is 1.30. The van der Waals surface area contributed by atoms with E-state index in [1.54, 1.807) is 0 Å². The minimum absolute atomic E-state index is 0.0672. The molecular formula is C12H8BrF2NO2. The lowest BCUT2D eigenvalue weighted by Crippen LogP contribution is -1.97. The molecule has 2 aromatic rings. The second-order valence-electron chi connectivity index (χ2n) is 3.43. The summed E-state index contributed by atoms with van der Waals surface area (Å²) in [4.78, 5) is 3.69. The van der Waals surface area contributed by atoms with Gasteiger partial charge in [-0.05, 0) is 34.1 Å². The van der Waals surface area contributed by atoms with Crippen LogP contribution in [-0.2, 0) is 6.61 Å². The van der Waals surface area contributed by atoms with Crippen LogP contribution in [0.1, 0.15) is 5.56 Å². The topological polar surface area (TPSA) is 42.4 Å². The number of aliphatic hydroxyl groups excluding tert-OH is 1. The first-order valence-electron chi connectivity index (χ1n) is 4.99. The van der Waals surface area contributed by atoms with E-state index in [4.69, 9.17) is 9.84 Å². The van der Waals surface area contributed by atoms with E-state index in [2.05, 4.69) is 20.9 Å². The number of benzene rings is 1. The molecule has 0 radical (unpaired) electrons. The van der Waals surface area contributed by atoms with Gasteiger partial charge in [0.05, 0.1) is 11.1 Å². The SMILES string of the molecule is OCc1ccnc(Oc2ccc(Br)c(F)c2)c1F. The number of aromatic nitrogens is 1. The third kappa shape index (κ3) is 2.65. The van der Waals surface area contributed by atoms with Crippen molar-refractivity contribution >= 4 is 15.9 Å². The summed E-state index contributed by atoms with van der Waals surface area (Å²) in [5.41, 5.74) is 0.0672. The van der Waals surface area contributed by atoms with Gasteiger partial charge in [-0.25, -0.2) is 13.8 Å². The van der Waals surface area contributed by atoms with Gasteiger partial charge < -0.3 is 9.84 Å². The van der Waals surface area contributed by atoms with Gasteiger partial charge in [-0.2, -0.15) is 0 Å². The molecule has 0 aliphatic rings. The van der Waals surface area contributed by atoms with Gasteiger partial charge >= 0.3 is 0 Å². The third-order valence-corrected chi connectivity index (χ3v) is 2.86. The quantitative estimate of drug-likeness (QED) is 0.943. The van der Waals surface area contributed by atoms with Gasteiger partial charge in [0.1, 0.15) is 11.6 Å². The molecule has 2 rings (SSSR count). The Balaban J connectivity index is 2.31. The van der Waals surface area contributed by atoms with Crippen LogP contribution in [-0.4, -0.2) is 10.1 Å². The molecule has 0 saturated carbocycles. The Labute approximate surface area is 110 Å². The molecule has 0 amide bonds. The van der Waals surface area contributed by atoms with E-state index in [1.165, 1.54) is 24.4 Å². The first-order valence-corrected chi connectivity index (χ1v) is 5.78. The Morgan fingerprint density at radius 1 is 1.28 bits per heavy atom. The van der Waals surface area contributed by atoms with Crippen molar-refractivity contribution in [2.45, 2.75) is 6.61 Å². The molecule has 0 saturated heterocycles. The van der Waals surface area contributed by atoms with Crippen LogP contribution in [0.2, 0.25) is 0 Å². The van der Waals surface area contributed by atoms with Crippen molar-refractivity contribution in [2.75, 3.05) is 0 Å². The van der Waals surface area contributed by atoms with Crippen molar-refractivity contribution in [1.82, 2.24) is 4.98 Å². The van der Waals surface area contributed by atoms with E-state index in [9.17, 15) is 8.78 Å². The summed E-state index contributed by atoms with van der Waals surface area (Å²) < 4.78 is 32.3. The highest BCUT2D eigenvalue weighted by atomic mass is 79.9. The average molecular weight is 316 g/mol. The van der Waals surface area contributed by atoms with Crippen LogP contribution in [0, 0.1) is 11.6 Å². The van der Waals surface area contributed by atoms with E-state index < -0.39 is 18.2 Å². The normalized spacial score (nSPS) is 10.4. The molecule has 1 N–H and O–H groups in total. The van der Waals surface area contributed by atoms with Crippen molar-refractivity contribution in [3.8, 4) is 11.6 Å². The summed E-state index contributed by atoms with van der Waals surface area (Å²) in [6, 6.07) is 5.36. The van der Waals surface area contributed by atoms with Crippen molar-refractivity contribution in [3.63, 3.8) is 0 Å². The minimum atomic E-state index is -0.761. The monoisotopic (exact) mass is 315 g/mol. The number of ether oxygens (including phenoxy) is 1. The molecule has 1 aromatic heterocycles. The summed E-state index contributed by atoms with van der Waals surface area (Å²) in [5, 5.41) is 8.90. The van der Waals surface area contributed by atoms with E-state index in [0.717, 1.165) is 6.07 Å². The van der Waals surface area contributed by atoms with Crippen LogP contribution in [0.3, 0.4) is 0 Å². The van der Waals surface area contributed by atoms with Crippen LogP contribution >= 0.6 is 15.9 Å². The van der Waals surface area contributed by atoms with Gasteiger partial charge in [0.25, 0.3) is 5.88 Å². The summed E-state index contributed by atoms with van der Waals surface area (Å²) >= 11 is 3.00. The fourth-order valence-corrected chi connectivity index (χ4v) is 1.55. The van der Waals surface area contributed by atoms with E-state index >= 15 is 0 Å². The Hall–Kier alpha value is -1.53. The van der Waals surface area contributed by atoms with Crippen LogP contribution in [0.5, 0.6) is 11.6 Å². The fourth-order valence-electron chi connectivity index (χ4n) is 1.31. The predicted molar refractivity (Wildman–Crippen MR) is 64.3 cm³/mol. The lowest BCUT2D eigenvalue weighted by Gasteiger charge is -2.07. The minimum Gasteiger partial charge on any atom is -0.436 e. The van der Waals surface area contributed by atoms with Gasteiger partial charge in [0.15, 0.2) is 5.82 Å². The first kappa shape index (κ1) is 12.9. The van der Waals surface area contributed by atoms with Crippen LogP contribution in [0.4, 0.5) is 8.78 Å². The van der Waals surface area contributed by atoms with Crippen LogP contribution in [0.15, 0.2) is 34.9 Å². The highest BCUT2D eigenvalue weighted by Crippen LogP contribution is 2.27. The van der Waals surface area contributed by atoms with Crippen LogP contribution < -0.4 is 4.74 Å². The van der Waals surface area contributed by atoms with Crippen molar-refractivity contribution in [3.05, 3.63) is 52.1 Å². The molecule has 3 nitrogen and oxygen atoms in total. The smallest absolute Gasteiger partial charge is 0.256 e. The molecule has 0 bridgehead atoms. The number of pyridine rings is 1. The second kappa shape index (κ2) is 5.41. The van der Waals surface area contributed by atoms with Crippen LogP contribution in [0.25, 0.3) is 0 Å². The number of halogens is 3. The Bertz CT molecular complexity index is 578. The third-order valence-electron chi connectivity index (χ3n) is 2.21. The number of aliphatic hydroxyl groups is 1. The zero-order valence-electron chi connectivity index (χ0n) is 9.03. The van der Waals surface area contributed by atoms with Gasteiger partial charge in [-0.15, -0.1) is 0 Å². The molecule has 1 heterocycles. The van der Waals surface area contributed by atoms with Gasteiger partial charge in [-0.1, -0.05) is 0 Å². The molecule has 94 valence electrons. The molecule has 0 fully saturated rings. The summed E-state index contributed by atoms with van der Waals surface area (Å²) in [5.74, 6) is -1.46. The summed E-state index contributed by atoms with van der Waals surface area (Å²) in [6.45, 7) is -0.459. The number of hydrogen-bond donors (Lipinski definition) is 1. The Morgan fingerprint density at radius 2 is 2.06 bits per heavy atom. The maximum absolute atomic E-state index is 13.7. The lowest BCUT2D eigenvalue weighted by atomic mass is 10.2. The van der Waals surface area contributed by atoms with Gasteiger partial charge in [0.2, 0.25) is 0 Å². The van der Waals surface area contributed by atoms with Gasteiger partial charge in [0, 0.05) is 17.8 Å². The Kier molecular flexibility index (Phi) is 3.88. The largest absolute Gasteiger partial charge is 0.436 e. The average Bonchev–Trinajstić information content (AvgIpc) is 2.36. The van der Waals surface area contributed by atoms with Gasteiger partial charge in [-0.3, -0.25) is 0 Å². The van der Waals surface area contributed by atoms with Crippen molar-refractivity contribution in [1.29, 1.82) is 0 Å². The van der Waals surface area contributed by atoms with E-state index in [-0.39, 0.29) is 21.7 Å². The molecule has 0 aliphatic heterocycles. The zero-order chi connectivity index (χ0) is 13.1. The molecule has 0 aliphatic carbocycles. The lowest BCUT2D eigenvalue weighted by molar-refractivity contribution is 0.273. The Morgan fingerprint density at radius 3 is 2.72 bits per heavy atom. The number of nitrogens with zero attached hydrogens (tertiary/aromatic N) is 1. The molecule has 6 heteroatoms. The molecule has 1 aromatic carbocycles.